The molecule has 0 aliphatic rings. The smallest absolute Gasteiger partial charge is 0.317 e. The summed E-state index contributed by atoms with van der Waals surface area (Å²) >= 11 is 1.71. The third-order valence-corrected chi connectivity index (χ3v) is 3.63. The Labute approximate surface area is 120 Å². The van der Waals surface area contributed by atoms with Crippen molar-refractivity contribution in [3.05, 3.63) is 0 Å². The Bertz CT molecular complexity index is 287. The summed E-state index contributed by atoms with van der Waals surface area (Å²) in [5, 5.41) is 11.7. The predicted octanol–water partition coefficient (Wildman–Crippen LogP) is 2.27. The number of rotatable bonds is 9. The molecular weight excluding hydrogens is 264 g/mol. The van der Waals surface area contributed by atoms with Crippen LogP contribution in [0.3, 0.4) is 0 Å². The lowest BCUT2D eigenvalue weighted by Gasteiger charge is -2.21. The van der Waals surface area contributed by atoms with Crippen molar-refractivity contribution < 1.29 is 14.7 Å². The van der Waals surface area contributed by atoms with Gasteiger partial charge in [0, 0.05) is 25.4 Å². The van der Waals surface area contributed by atoms with E-state index in [0.717, 1.165) is 25.1 Å². The molecule has 5 nitrogen and oxygen atoms in total. The van der Waals surface area contributed by atoms with Gasteiger partial charge < -0.3 is 15.3 Å². The van der Waals surface area contributed by atoms with E-state index in [2.05, 4.69) is 5.32 Å². The van der Waals surface area contributed by atoms with Gasteiger partial charge in [0.1, 0.15) is 0 Å². The lowest BCUT2D eigenvalue weighted by atomic mass is 10.0. The molecule has 0 aliphatic carbocycles. The van der Waals surface area contributed by atoms with Crippen LogP contribution in [-0.4, -0.2) is 53.6 Å². The van der Waals surface area contributed by atoms with Crippen LogP contribution in [0.15, 0.2) is 0 Å². The molecule has 2 atom stereocenters. The number of amides is 2. The Kier molecular flexibility index (Phi) is 9.47. The number of urea groups is 1. The van der Waals surface area contributed by atoms with Gasteiger partial charge in [0.2, 0.25) is 0 Å². The first-order valence-corrected chi connectivity index (χ1v) is 8.01. The fourth-order valence-corrected chi connectivity index (χ4v) is 2.03. The third kappa shape index (κ3) is 8.75. The molecule has 2 unspecified atom stereocenters. The second kappa shape index (κ2) is 9.95. The Balaban J connectivity index is 3.81. The molecule has 19 heavy (non-hydrogen) atoms. The summed E-state index contributed by atoms with van der Waals surface area (Å²) in [6.07, 6.45) is 4.28. The standard InChI is InChI=1S/C13H26N2O3S/c1-10(12(16)17)6-5-7-11(2)14-13(18)15(3)8-9-19-4/h10-11H,5-9H2,1-4H3,(H,14,18)(H,16,17). The van der Waals surface area contributed by atoms with Gasteiger partial charge in [-0.3, -0.25) is 4.79 Å². The van der Waals surface area contributed by atoms with Gasteiger partial charge >= 0.3 is 12.0 Å². The normalized spacial score (nSPS) is 13.7. The number of nitrogens with one attached hydrogen (secondary N) is 1. The zero-order valence-corrected chi connectivity index (χ0v) is 13.1. The number of hydrogen-bond acceptors (Lipinski definition) is 3. The van der Waals surface area contributed by atoms with Gasteiger partial charge in [-0.1, -0.05) is 13.3 Å². The number of carboxylic acids is 1. The monoisotopic (exact) mass is 290 g/mol. The molecule has 0 radical (unpaired) electrons. The summed E-state index contributed by atoms with van der Waals surface area (Å²) in [5.41, 5.74) is 0. The van der Waals surface area contributed by atoms with Crippen LogP contribution in [0.4, 0.5) is 4.79 Å². The Hall–Kier alpha value is -0.910. The Morgan fingerprint density at radius 2 is 1.95 bits per heavy atom. The van der Waals surface area contributed by atoms with Crippen LogP contribution in [0.5, 0.6) is 0 Å². The van der Waals surface area contributed by atoms with E-state index in [1.807, 2.05) is 13.2 Å². The van der Waals surface area contributed by atoms with Crippen molar-refractivity contribution in [2.45, 2.75) is 39.2 Å². The van der Waals surface area contributed by atoms with Gasteiger partial charge in [-0.05, 0) is 26.0 Å². The average molecular weight is 290 g/mol. The van der Waals surface area contributed by atoms with Crippen LogP contribution >= 0.6 is 11.8 Å². The Morgan fingerprint density at radius 1 is 1.32 bits per heavy atom. The van der Waals surface area contributed by atoms with Gasteiger partial charge in [-0.25, -0.2) is 4.79 Å². The van der Waals surface area contributed by atoms with Crippen LogP contribution in [0, 0.1) is 5.92 Å². The number of hydrogen-bond donors (Lipinski definition) is 2. The van der Waals surface area contributed by atoms with E-state index < -0.39 is 5.97 Å². The maximum atomic E-state index is 11.8. The van der Waals surface area contributed by atoms with Crippen molar-refractivity contribution in [2.75, 3.05) is 25.6 Å². The minimum atomic E-state index is -0.756. The fourth-order valence-electron chi connectivity index (χ4n) is 1.58. The SMILES string of the molecule is CSCCN(C)C(=O)NC(C)CCCC(C)C(=O)O. The lowest BCUT2D eigenvalue weighted by Crippen LogP contribution is -2.42. The summed E-state index contributed by atoms with van der Waals surface area (Å²) < 4.78 is 0. The first-order valence-electron chi connectivity index (χ1n) is 6.61. The van der Waals surface area contributed by atoms with E-state index in [1.165, 1.54) is 0 Å². The van der Waals surface area contributed by atoms with E-state index in [-0.39, 0.29) is 18.0 Å². The molecule has 0 fully saturated rings. The van der Waals surface area contributed by atoms with Gasteiger partial charge in [0.05, 0.1) is 5.92 Å². The molecule has 0 saturated heterocycles. The highest BCUT2D eigenvalue weighted by atomic mass is 32.2. The van der Waals surface area contributed by atoms with Gasteiger partial charge in [0.25, 0.3) is 0 Å². The minimum Gasteiger partial charge on any atom is -0.481 e. The molecule has 0 aromatic rings. The molecule has 0 saturated carbocycles. The molecule has 112 valence electrons. The van der Waals surface area contributed by atoms with E-state index in [0.29, 0.717) is 6.42 Å². The maximum absolute atomic E-state index is 11.8. The summed E-state index contributed by atoms with van der Waals surface area (Å²) in [7, 11) is 1.78. The first-order chi connectivity index (χ1) is 8.88. The molecule has 2 amide bonds. The number of aliphatic carboxylic acids is 1. The zero-order valence-electron chi connectivity index (χ0n) is 12.3. The summed E-state index contributed by atoms with van der Waals surface area (Å²) in [6.45, 7) is 4.39. The maximum Gasteiger partial charge on any atom is 0.317 e. The van der Waals surface area contributed by atoms with Crippen molar-refractivity contribution in [2.24, 2.45) is 5.92 Å². The second-order valence-corrected chi connectivity index (χ2v) is 5.92. The molecule has 0 rings (SSSR count). The minimum absolute atomic E-state index is 0.0622. The molecule has 0 bridgehead atoms. The Morgan fingerprint density at radius 3 is 2.47 bits per heavy atom. The van der Waals surface area contributed by atoms with Crippen LogP contribution in [0.25, 0.3) is 0 Å². The zero-order chi connectivity index (χ0) is 14.8. The van der Waals surface area contributed by atoms with Crippen LogP contribution in [-0.2, 0) is 4.79 Å². The molecule has 0 spiro atoms. The fraction of sp³-hybridized carbons (Fsp3) is 0.846. The molecule has 2 N–H and O–H groups in total. The van der Waals surface area contributed by atoms with Crippen LogP contribution in [0.1, 0.15) is 33.1 Å². The average Bonchev–Trinajstić information content (AvgIpc) is 2.35. The van der Waals surface area contributed by atoms with E-state index in [4.69, 9.17) is 5.11 Å². The molecule has 0 aromatic heterocycles. The van der Waals surface area contributed by atoms with Gasteiger partial charge in [-0.2, -0.15) is 11.8 Å². The molecular formula is C13H26N2O3S. The molecule has 0 heterocycles. The largest absolute Gasteiger partial charge is 0.481 e. The highest BCUT2D eigenvalue weighted by molar-refractivity contribution is 7.98. The number of nitrogens with zero attached hydrogens (tertiary/aromatic N) is 1. The molecule has 6 heteroatoms. The number of thioether (sulfide) groups is 1. The lowest BCUT2D eigenvalue weighted by molar-refractivity contribution is -0.141. The first kappa shape index (κ1) is 18.1. The van der Waals surface area contributed by atoms with Crippen molar-refractivity contribution >= 4 is 23.8 Å². The van der Waals surface area contributed by atoms with Crippen molar-refractivity contribution in [3.63, 3.8) is 0 Å². The molecule has 0 aliphatic heterocycles. The summed E-state index contributed by atoms with van der Waals surface area (Å²) in [6, 6.07) is 0.0121. The third-order valence-electron chi connectivity index (χ3n) is 3.04. The van der Waals surface area contributed by atoms with E-state index in [1.54, 1.807) is 30.6 Å². The van der Waals surface area contributed by atoms with E-state index >= 15 is 0 Å². The number of carboxylic acid groups (broad SMARTS) is 1. The quantitative estimate of drug-likeness (QED) is 0.683. The van der Waals surface area contributed by atoms with Crippen LogP contribution < -0.4 is 5.32 Å². The topological polar surface area (TPSA) is 69.6 Å². The molecule has 0 aromatic carbocycles. The number of carbonyl (C=O) groups excluding carboxylic acids is 1. The van der Waals surface area contributed by atoms with Gasteiger partial charge in [0.15, 0.2) is 0 Å². The highest BCUT2D eigenvalue weighted by Crippen LogP contribution is 2.09. The van der Waals surface area contributed by atoms with Crippen molar-refractivity contribution in [1.82, 2.24) is 10.2 Å². The summed E-state index contributed by atoms with van der Waals surface area (Å²) in [4.78, 5) is 24.1. The number of carbonyl (C=O) groups is 2. The predicted molar refractivity (Wildman–Crippen MR) is 79.7 cm³/mol. The second-order valence-electron chi connectivity index (χ2n) is 4.94. The summed E-state index contributed by atoms with van der Waals surface area (Å²) in [5.74, 6) is -0.144. The van der Waals surface area contributed by atoms with Crippen molar-refractivity contribution in [1.29, 1.82) is 0 Å². The van der Waals surface area contributed by atoms with Crippen LogP contribution in [0.2, 0.25) is 0 Å². The van der Waals surface area contributed by atoms with E-state index in [9.17, 15) is 9.59 Å². The highest BCUT2D eigenvalue weighted by Gasteiger charge is 2.13. The van der Waals surface area contributed by atoms with Crippen molar-refractivity contribution in [3.8, 4) is 0 Å². The van der Waals surface area contributed by atoms with Gasteiger partial charge in [-0.15, -0.1) is 0 Å².